The highest BCUT2D eigenvalue weighted by Crippen LogP contribution is 2.28. The summed E-state index contributed by atoms with van der Waals surface area (Å²) in [5.41, 5.74) is 5.87. The van der Waals surface area contributed by atoms with E-state index in [-0.39, 0.29) is 12.4 Å². The number of carbonyl (C=O) groups excluding carboxylic acids is 1. The smallest absolute Gasteiger partial charge is 0.306 e. The number of ether oxygens (including phenoxy) is 1. The van der Waals surface area contributed by atoms with Gasteiger partial charge in [-0.3, -0.25) is 4.79 Å². The Labute approximate surface area is 118 Å². The number of likely N-dealkylation sites (tertiary alicyclic amines) is 1. The largest absolute Gasteiger partial charge is 0.469 e. The van der Waals surface area contributed by atoms with Crippen molar-refractivity contribution < 1.29 is 14.1 Å². The van der Waals surface area contributed by atoms with Crippen LogP contribution >= 0.6 is 0 Å². The first-order valence-corrected chi connectivity index (χ1v) is 6.98. The predicted octanol–water partition coefficient (Wildman–Crippen LogP) is 0.445. The molecule has 0 saturated carbocycles. The number of hydrogen-bond acceptors (Lipinski definition) is 7. The molecule has 2 rings (SSSR count). The van der Waals surface area contributed by atoms with Crippen LogP contribution in [0.3, 0.4) is 0 Å². The summed E-state index contributed by atoms with van der Waals surface area (Å²) < 4.78 is 9.75. The fourth-order valence-electron chi connectivity index (χ4n) is 2.36. The van der Waals surface area contributed by atoms with Crippen LogP contribution in [0.4, 0.5) is 0 Å². The van der Waals surface area contributed by atoms with Gasteiger partial charge in [-0.25, -0.2) is 0 Å². The Morgan fingerprint density at radius 1 is 1.50 bits per heavy atom. The first kappa shape index (κ1) is 14.9. The van der Waals surface area contributed by atoms with Crippen LogP contribution in [-0.4, -0.2) is 47.8 Å². The van der Waals surface area contributed by atoms with Crippen molar-refractivity contribution in [2.24, 2.45) is 5.73 Å². The molecular formula is C13H22N4O3. The third kappa shape index (κ3) is 3.34. The van der Waals surface area contributed by atoms with Gasteiger partial charge in [0.15, 0.2) is 5.82 Å². The first-order valence-electron chi connectivity index (χ1n) is 6.98. The lowest BCUT2D eigenvalue weighted by Crippen LogP contribution is -2.48. The third-order valence-corrected chi connectivity index (χ3v) is 3.88. The van der Waals surface area contributed by atoms with Crippen molar-refractivity contribution in [2.45, 2.75) is 38.1 Å². The van der Waals surface area contributed by atoms with Crippen molar-refractivity contribution >= 4 is 5.97 Å². The normalized spacial score (nSPS) is 18.9. The fourth-order valence-corrected chi connectivity index (χ4v) is 2.36. The summed E-state index contributed by atoms with van der Waals surface area (Å²) in [6.45, 7) is 5.06. The molecule has 2 heterocycles. The Hall–Kier alpha value is -1.47. The zero-order chi connectivity index (χ0) is 14.6. The second kappa shape index (κ2) is 6.32. The molecule has 2 N–H and O–H groups in total. The van der Waals surface area contributed by atoms with Gasteiger partial charge in [0.05, 0.1) is 19.1 Å². The van der Waals surface area contributed by atoms with Crippen molar-refractivity contribution in [3.8, 4) is 0 Å². The fraction of sp³-hybridized carbons (Fsp3) is 0.769. The maximum Gasteiger partial charge on any atom is 0.306 e. The summed E-state index contributed by atoms with van der Waals surface area (Å²) in [5, 5.41) is 3.98. The maximum atomic E-state index is 11.1. The molecule has 1 saturated heterocycles. The van der Waals surface area contributed by atoms with Gasteiger partial charge in [-0.1, -0.05) is 12.1 Å². The molecule has 0 aliphatic carbocycles. The van der Waals surface area contributed by atoms with Crippen molar-refractivity contribution in [1.82, 2.24) is 15.0 Å². The number of nitrogens with zero attached hydrogens (tertiary/aromatic N) is 3. The highest BCUT2D eigenvalue weighted by atomic mass is 16.5. The van der Waals surface area contributed by atoms with Gasteiger partial charge in [-0.05, 0) is 19.4 Å². The molecule has 1 aliphatic heterocycles. The summed E-state index contributed by atoms with van der Waals surface area (Å²) >= 11 is 0. The number of carbonyl (C=O) groups is 1. The third-order valence-electron chi connectivity index (χ3n) is 3.88. The molecule has 0 spiro atoms. The van der Waals surface area contributed by atoms with Crippen LogP contribution in [0.2, 0.25) is 0 Å². The van der Waals surface area contributed by atoms with E-state index in [1.54, 1.807) is 0 Å². The Morgan fingerprint density at radius 3 is 2.80 bits per heavy atom. The van der Waals surface area contributed by atoms with Crippen molar-refractivity contribution in [3.63, 3.8) is 0 Å². The predicted molar refractivity (Wildman–Crippen MR) is 71.8 cm³/mol. The van der Waals surface area contributed by atoms with E-state index < -0.39 is 5.54 Å². The van der Waals surface area contributed by atoms with Crippen molar-refractivity contribution in [1.29, 1.82) is 0 Å². The second-order valence-corrected chi connectivity index (χ2v) is 5.18. The summed E-state index contributed by atoms with van der Waals surface area (Å²) in [4.78, 5) is 17.8. The highest BCUT2D eigenvalue weighted by Gasteiger charge is 2.36. The summed E-state index contributed by atoms with van der Waals surface area (Å²) in [5.74, 6) is 0.699. The molecule has 20 heavy (non-hydrogen) atoms. The van der Waals surface area contributed by atoms with Crippen LogP contribution in [0.25, 0.3) is 0 Å². The standard InChI is InChI=1S/C13H22N4O3/c1-3-17-8-6-13(14,7-9-17)12-15-10(20-16-12)4-5-11(18)19-2/h3-9,14H2,1-2H3. The van der Waals surface area contributed by atoms with Gasteiger partial charge >= 0.3 is 5.97 Å². The Kier molecular flexibility index (Phi) is 4.72. The minimum absolute atomic E-state index is 0.235. The van der Waals surface area contributed by atoms with E-state index in [2.05, 4.69) is 26.7 Å². The lowest BCUT2D eigenvalue weighted by molar-refractivity contribution is -0.140. The topological polar surface area (TPSA) is 94.5 Å². The van der Waals surface area contributed by atoms with Gasteiger partial charge in [-0.2, -0.15) is 4.98 Å². The zero-order valence-electron chi connectivity index (χ0n) is 12.1. The van der Waals surface area contributed by atoms with Gasteiger partial charge < -0.3 is 19.9 Å². The summed E-state index contributed by atoms with van der Waals surface area (Å²) in [6, 6.07) is 0. The molecular weight excluding hydrogens is 260 g/mol. The van der Waals surface area contributed by atoms with Crippen LogP contribution < -0.4 is 5.73 Å². The number of esters is 1. The van der Waals surface area contributed by atoms with E-state index in [1.165, 1.54) is 7.11 Å². The van der Waals surface area contributed by atoms with E-state index in [1.807, 2.05) is 0 Å². The average molecular weight is 282 g/mol. The number of methoxy groups -OCH3 is 1. The zero-order valence-corrected chi connectivity index (χ0v) is 12.1. The van der Waals surface area contributed by atoms with E-state index >= 15 is 0 Å². The van der Waals surface area contributed by atoms with E-state index in [9.17, 15) is 4.79 Å². The minimum Gasteiger partial charge on any atom is -0.469 e. The number of nitrogens with two attached hydrogens (primary N) is 1. The lowest BCUT2D eigenvalue weighted by Gasteiger charge is -2.36. The lowest BCUT2D eigenvalue weighted by atomic mass is 9.88. The molecule has 1 aromatic heterocycles. The summed E-state index contributed by atoms with van der Waals surface area (Å²) in [6.07, 6.45) is 2.25. The molecule has 0 unspecified atom stereocenters. The molecule has 0 bridgehead atoms. The number of aryl methyl sites for hydroxylation is 1. The van der Waals surface area contributed by atoms with Crippen molar-refractivity contribution in [3.05, 3.63) is 11.7 Å². The van der Waals surface area contributed by atoms with Gasteiger partial charge in [0, 0.05) is 19.5 Å². The summed E-state index contributed by atoms with van der Waals surface area (Å²) in [7, 11) is 1.36. The van der Waals surface area contributed by atoms with Crippen LogP contribution in [0.1, 0.15) is 37.9 Å². The van der Waals surface area contributed by atoms with Gasteiger partial charge in [0.2, 0.25) is 5.89 Å². The maximum absolute atomic E-state index is 11.1. The Bertz CT molecular complexity index is 452. The molecule has 1 aliphatic rings. The van der Waals surface area contributed by atoms with E-state index in [4.69, 9.17) is 10.3 Å². The quantitative estimate of drug-likeness (QED) is 0.783. The average Bonchev–Trinajstić information content (AvgIpc) is 2.95. The molecule has 0 atom stereocenters. The molecule has 112 valence electrons. The van der Waals surface area contributed by atoms with Crippen LogP contribution in [0.15, 0.2) is 4.52 Å². The van der Waals surface area contributed by atoms with E-state index in [0.717, 1.165) is 32.5 Å². The molecule has 7 nitrogen and oxygen atoms in total. The van der Waals surface area contributed by atoms with Crippen LogP contribution in [-0.2, 0) is 21.5 Å². The van der Waals surface area contributed by atoms with Crippen LogP contribution in [0.5, 0.6) is 0 Å². The molecule has 0 radical (unpaired) electrons. The van der Waals surface area contributed by atoms with Gasteiger partial charge in [0.1, 0.15) is 0 Å². The number of piperidine rings is 1. The number of aromatic nitrogens is 2. The Balaban J connectivity index is 1.96. The monoisotopic (exact) mass is 282 g/mol. The second-order valence-electron chi connectivity index (χ2n) is 5.18. The Morgan fingerprint density at radius 2 is 2.20 bits per heavy atom. The minimum atomic E-state index is -0.515. The molecule has 1 fully saturated rings. The van der Waals surface area contributed by atoms with Gasteiger partial charge in [0.25, 0.3) is 0 Å². The SMILES string of the molecule is CCN1CCC(N)(c2noc(CCC(=O)OC)n2)CC1. The molecule has 0 aromatic carbocycles. The van der Waals surface area contributed by atoms with Crippen LogP contribution in [0, 0.1) is 0 Å². The number of hydrogen-bond donors (Lipinski definition) is 1. The number of rotatable bonds is 5. The molecule has 1 aromatic rings. The molecule has 0 amide bonds. The van der Waals surface area contributed by atoms with Crippen molar-refractivity contribution in [2.75, 3.05) is 26.7 Å². The van der Waals surface area contributed by atoms with E-state index in [0.29, 0.717) is 18.1 Å². The molecule has 7 heteroatoms. The van der Waals surface area contributed by atoms with Gasteiger partial charge in [-0.15, -0.1) is 0 Å². The first-order chi connectivity index (χ1) is 9.57. The highest BCUT2D eigenvalue weighted by molar-refractivity contribution is 5.69.